The molecule has 84 valence electrons. The van der Waals surface area contributed by atoms with Gasteiger partial charge in [-0.3, -0.25) is 17.5 Å². The topological polar surface area (TPSA) is 155 Å². The molecule has 8 nitrogen and oxygen atoms in total. The van der Waals surface area contributed by atoms with Gasteiger partial charge in [0, 0.05) is 27.5 Å². The summed E-state index contributed by atoms with van der Waals surface area (Å²) in [5.74, 6) is 0. The van der Waals surface area contributed by atoms with Crippen molar-refractivity contribution >= 4 is 20.8 Å². The summed E-state index contributed by atoms with van der Waals surface area (Å²) in [4.78, 5) is 0. The SMILES string of the molecule is O=S(=O)(O)O.O=S(=O)([O-])[O-].[Cu+2].[Cu]. The first-order valence-electron chi connectivity index (χ1n) is 1.37. The van der Waals surface area contributed by atoms with E-state index in [2.05, 4.69) is 0 Å². The van der Waals surface area contributed by atoms with Crippen molar-refractivity contribution in [2.75, 3.05) is 0 Å². The van der Waals surface area contributed by atoms with E-state index in [1.807, 2.05) is 0 Å². The fraction of sp³-hybridized carbons (Fsp3) is 0. The molecule has 0 aliphatic heterocycles. The first-order valence-corrected chi connectivity index (χ1v) is 4.10. The molecule has 0 atom stereocenters. The van der Waals surface area contributed by atoms with E-state index in [1.165, 1.54) is 0 Å². The molecule has 0 rings (SSSR count). The van der Waals surface area contributed by atoms with Crippen LogP contribution >= 0.6 is 0 Å². The molecule has 0 aromatic heterocycles. The largest absolute Gasteiger partial charge is 2.00 e. The van der Waals surface area contributed by atoms with E-state index in [4.69, 9.17) is 35.0 Å². The molecule has 0 spiro atoms. The van der Waals surface area contributed by atoms with Gasteiger partial charge in [-0.15, -0.1) is 0 Å². The summed E-state index contributed by atoms with van der Waals surface area (Å²) in [6.45, 7) is 0. The van der Waals surface area contributed by atoms with Crippen LogP contribution in [0.5, 0.6) is 0 Å². The quantitative estimate of drug-likeness (QED) is 0.295. The standard InChI is InChI=1S/2Cu.2H2O4S/c;;2*1-5(2,3)4/h;;2*(H2,1,2,3,4)/q;+2;;/p-2. The predicted molar refractivity (Wildman–Crippen MR) is 24.7 cm³/mol. The van der Waals surface area contributed by atoms with Gasteiger partial charge in [0.05, 0.1) is 0 Å². The van der Waals surface area contributed by atoms with Crippen molar-refractivity contribution in [3.05, 3.63) is 0 Å². The van der Waals surface area contributed by atoms with Crippen molar-refractivity contribution in [3.63, 3.8) is 0 Å². The second kappa shape index (κ2) is 8.38. The Morgan fingerprint density at radius 3 is 0.917 bits per heavy atom. The summed E-state index contributed by atoms with van der Waals surface area (Å²) >= 11 is 0. The van der Waals surface area contributed by atoms with E-state index in [0.29, 0.717) is 0 Å². The van der Waals surface area contributed by atoms with Crippen molar-refractivity contribution in [3.8, 4) is 0 Å². The Bertz CT molecular complexity index is 211. The maximum Gasteiger partial charge on any atom is 2.00 e. The molecule has 0 unspecified atom stereocenters. The van der Waals surface area contributed by atoms with Gasteiger partial charge >= 0.3 is 27.5 Å². The van der Waals surface area contributed by atoms with Crippen molar-refractivity contribution in [1.82, 2.24) is 0 Å². The molecule has 0 aliphatic carbocycles. The molecular formula is H2Cu2O8S2. The van der Waals surface area contributed by atoms with E-state index in [-0.39, 0.29) is 34.1 Å². The Hall–Kier alpha value is 0.779. The molecule has 0 aromatic carbocycles. The third-order valence-corrected chi connectivity index (χ3v) is 0. The van der Waals surface area contributed by atoms with E-state index in [9.17, 15) is 0 Å². The van der Waals surface area contributed by atoms with E-state index in [0.717, 1.165) is 0 Å². The van der Waals surface area contributed by atoms with Crippen LogP contribution in [0.15, 0.2) is 0 Å². The summed E-state index contributed by atoms with van der Waals surface area (Å²) in [7, 11) is -9.83. The van der Waals surface area contributed by atoms with Crippen LogP contribution < -0.4 is 0 Å². The molecule has 0 fully saturated rings. The normalized spacial score (nSPS) is 9.67. The average molecular weight is 321 g/mol. The Labute approximate surface area is 89.8 Å². The Morgan fingerprint density at radius 1 is 0.917 bits per heavy atom. The fourth-order valence-corrected chi connectivity index (χ4v) is 0. The van der Waals surface area contributed by atoms with Gasteiger partial charge in [-0.1, -0.05) is 0 Å². The summed E-state index contributed by atoms with van der Waals surface area (Å²) in [5.41, 5.74) is 0. The number of hydrogen-bond acceptors (Lipinski definition) is 6. The van der Waals surface area contributed by atoms with Crippen LogP contribution in [0, 0.1) is 0 Å². The molecule has 0 aliphatic rings. The van der Waals surface area contributed by atoms with Crippen LogP contribution in [0.1, 0.15) is 0 Å². The van der Waals surface area contributed by atoms with Crippen LogP contribution in [-0.4, -0.2) is 35.0 Å². The zero-order valence-electron chi connectivity index (χ0n) is 4.76. The summed E-state index contributed by atoms with van der Waals surface area (Å²) in [6.07, 6.45) is 0. The molecular weight excluding hydrogens is 319 g/mol. The van der Waals surface area contributed by atoms with E-state index >= 15 is 0 Å². The monoisotopic (exact) mass is 320 g/mol. The molecule has 2 N–H and O–H groups in total. The Morgan fingerprint density at radius 2 is 0.917 bits per heavy atom. The second-order valence-corrected chi connectivity index (χ2v) is 2.57. The third-order valence-electron chi connectivity index (χ3n) is 0. The molecule has 12 heteroatoms. The van der Waals surface area contributed by atoms with E-state index in [1.54, 1.807) is 0 Å². The second-order valence-electron chi connectivity index (χ2n) is 0.856. The minimum atomic E-state index is -5.17. The smallest absolute Gasteiger partial charge is 0.759 e. The van der Waals surface area contributed by atoms with Crippen LogP contribution in [-0.2, 0) is 54.9 Å². The van der Waals surface area contributed by atoms with Crippen molar-refractivity contribution in [2.24, 2.45) is 0 Å². The summed E-state index contributed by atoms with van der Waals surface area (Å²) in [6, 6.07) is 0. The van der Waals surface area contributed by atoms with Crippen molar-refractivity contribution in [1.29, 1.82) is 0 Å². The Kier molecular flexibility index (Phi) is 16.1. The maximum atomic E-state index is 8.74. The van der Waals surface area contributed by atoms with Gasteiger partial charge < -0.3 is 9.11 Å². The van der Waals surface area contributed by atoms with Crippen molar-refractivity contribution < 1.29 is 69.2 Å². The van der Waals surface area contributed by atoms with Crippen LogP contribution in [0.25, 0.3) is 0 Å². The van der Waals surface area contributed by atoms with Crippen molar-refractivity contribution in [2.45, 2.75) is 0 Å². The molecule has 2 radical (unpaired) electrons. The molecule has 12 heavy (non-hydrogen) atoms. The zero-order valence-corrected chi connectivity index (χ0v) is 8.28. The van der Waals surface area contributed by atoms with Gasteiger partial charge in [-0.05, 0) is 0 Å². The number of hydrogen-bond donors (Lipinski definition) is 2. The van der Waals surface area contributed by atoms with Gasteiger partial charge in [0.1, 0.15) is 0 Å². The average Bonchev–Trinajstić information content (AvgIpc) is 1.12. The molecule has 0 saturated carbocycles. The van der Waals surface area contributed by atoms with Gasteiger partial charge in [0.25, 0.3) is 0 Å². The first-order chi connectivity index (χ1) is 4.00. The fourth-order valence-electron chi connectivity index (χ4n) is 0. The molecule has 0 amide bonds. The van der Waals surface area contributed by atoms with Crippen LogP contribution in [0.2, 0.25) is 0 Å². The van der Waals surface area contributed by atoms with E-state index < -0.39 is 20.8 Å². The van der Waals surface area contributed by atoms with Gasteiger partial charge in [-0.25, -0.2) is 0 Å². The van der Waals surface area contributed by atoms with Gasteiger partial charge in [0.2, 0.25) is 0 Å². The Balaban J connectivity index is -0.0000000457. The minimum absolute atomic E-state index is 0. The molecule has 0 heterocycles. The molecule has 0 saturated heterocycles. The first kappa shape index (κ1) is 23.0. The third kappa shape index (κ3) is 1700. The zero-order chi connectivity index (χ0) is 9.00. The van der Waals surface area contributed by atoms with Gasteiger partial charge in [-0.2, -0.15) is 8.42 Å². The maximum absolute atomic E-state index is 8.74. The number of rotatable bonds is 0. The summed E-state index contributed by atoms with van der Waals surface area (Å²) < 4.78 is 65.7. The predicted octanol–water partition coefficient (Wildman–Crippen LogP) is -2.00. The van der Waals surface area contributed by atoms with Crippen LogP contribution in [0.3, 0.4) is 0 Å². The molecule has 0 bridgehead atoms. The molecule has 0 aromatic rings. The minimum Gasteiger partial charge on any atom is -0.759 e. The van der Waals surface area contributed by atoms with Gasteiger partial charge in [0.15, 0.2) is 0 Å². The van der Waals surface area contributed by atoms with Crippen LogP contribution in [0.4, 0.5) is 0 Å². The summed E-state index contributed by atoms with van der Waals surface area (Å²) in [5, 5.41) is 0.